The third-order valence-corrected chi connectivity index (χ3v) is 4.45. The Balaban J connectivity index is 1.78. The molecule has 0 spiro atoms. The number of alkyl halides is 2. The fourth-order valence-corrected chi connectivity index (χ4v) is 3.24. The molecule has 0 fully saturated rings. The molecular weight excluding hydrogens is 366 g/mol. The van der Waals surface area contributed by atoms with E-state index in [1.807, 2.05) is 6.07 Å². The number of carbonyl (C=O) groups excluding carboxylic acids is 1. The van der Waals surface area contributed by atoms with Gasteiger partial charge in [0.25, 0.3) is 5.91 Å². The van der Waals surface area contributed by atoms with E-state index in [1.54, 1.807) is 54.6 Å². The summed E-state index contributed by atoms with van der Waals surface area (Å²) >= 11 is 0. The number of para-hydroxylation sites is 1. The minimum Gasteiger partial charge on any atom is -0.508 e. The highest BCUT2D eigenvalue weighted by atomic mass is 19.3. The standard InChI is InChI=1S/C21H16F2N2O3/c22-21(23)28-16-10-8-14(9-11-16)25-19(13-4-3-5-15(26)12-13)24-18-7-2-1-6-17(18)20(25)27/h1-12,19,21,24,26H/t19-/m1/s1. The summed E-state index contributed by atoms with van der Waals surface area (Å²) in [6.07, 6.45) is -0.587. The topological polar surface area (TPSA) is 61.8 Å². The van der Waals surface area contributed by atoms with Gasteiger partial charge in [-0.2, -0.15) is 8.78 Å². The zero-order chi connectivity index (χ0) is 19.7. The number of carbonyl (C=O) groups is 1. The number of nitrogens with zero attached hydrogens (tertiary/aromatic N) is 1. The van der Waals surface area contributed by atoms with Crippen LogP contribution in [0.2, 0.25) is 0 Å². The number of benzene rings is 3. The molecule has 0 saturated carbocycles. The first-order valence-electron chi connectivity index (χ1n) is 8.56. The minimum absolute atomic E-state index is 0.00507. The number of fused-ring (bicyclic) bond motifs is 1. The lowest BCUT2D eigenvalue weighted by molar-refractivity contribution is -0.0498. The first-order valence-corrected chi connectivity index (χ1v) is 8.56. The van der Waals surface area contributed by atoms with Crippen LogP contribution in [0.15, 0.2) is 72.8 Å². The second-order valence-electron chi connectivity index (χ2n) is 6.24. The Labute approximate surface area is 159 Å². The van der Waals surface area contributed by atoms with Crippen molar-refractivity contribution in [1.82, 2.24) is 0 Å². The van der Waals surface area contributed by atoms with Crippen LogP contribution in [0, 0.1) is 0 Å². The van der Waals surface area contributed by atoms with Gasteiger partial charge in [-0.3, -0.25) is 9.69 Å². The summed E-state index contributed by atoms with van der Waals surface area (Å²) in [5.74, 6) is -0.165. The second kappa shape index (κ2) is 7.19. The molecule has 3 aromatic carbocycles. The molecule has 0 unspecified atom stereocenters. The van der Waals surface area contributed by atoms with Gasteiger partial charge in [-0.1, -0.05) is 24.3 Å². The summed E-state index contributed by atoms with van der Waals surface area (Å²) in [5, 5.41) is 13.2. The molecule has 0 aliphatic carbocycles. The van der Waals surface area contributed by atoms with Crippen LogP contribution in [0.1, 0.15) is 22.1 Å². The molecule has 1 aliphatic rings. The second-order valence-corrected chi connectivity index (χ2v) is 6.24. The molecule has 0 aromatic heterocycles. The Morgan fingerprint density at radius 1 is 1.00 bits per heavy atom. The number of rotatable bonds is 4. The quantitative estimate of drug-likeness (QED) is 0.683. The van der Waals surface area contributed by atoms with Crippen molar-refractivity contribution in [3.8, 4) is 11.5 Å². The van der Waals surface area contributed by atoms with Crippen LogP contribution >= 0.6 is 0 Å². The van der Waals surface area contributed by atoms with E-state index < -0.39 is 12.8 Å². The number of hydrogen-bond acceptors (Lipinski definition) is 4. The van der Waals surface area contributed by atoms with Crippen LogP contribution in [-0.4, -0.2) is 17.6 Å². The maximum atomic E-state index is 13.2. The number of amides is 1. The minimum atomic E-state index is -2.92. The number of phenols is 1. The average Bonchev–Trinajstić information content (AvgIpc) is 2.68. The lowest BCUT2D eigenvalue weighted by Crippen LogP contribution is -2.43. The van der Waals surface area contributed by atoms with E-state index in [0.29, 0.717) is 22.5 Å². The van der Waals surface area contributed by atoms with E-state index in [0.717, 1.165) is 0 Å². The first kappa shape index (κ1) is 17.8. The molecule has 1 aliphatic heterocycles. The van der Waals surface area contributed by atoms with Crippen molar-refractivity contribution in [2.45, 2.75) is 12.8 Å². The molecule has 5 nitrogen and oxygen atoms in total. The summed E-state index contributed by atoms with van der Waals surface area (Å²) in [6, 6.07) is 19.6. The Bertz CT molecular complexity index is 1010. The summed E-state index contributed by atoms with van der Waals surface area (Å²) in [7, 11) is 0. The number of ether oxygens (including phenoxy) is 1. The Morgan fingerprint density at radius 2 is 1.75 bits per heavy atom. The fourth-order valence-electron chi connectivity index (χ4n) is 3.24. The lowest BCUT2D eigenvalue weighted by atomic mass is 10.0. The van der Waals surface area contributed by atoms with Crippen molar-refractivity contribution in [1.29, 1.82) is 0 Å². The fraction of sp³-hybridized carbons (Fsp3) is 0.0952. The zero-order valence-corrected chi connectivity index (χ0v) is 14.5. The van der Waals surface area contributed by atoms with Gasteiger partial charge in [0.1, 0.15) is 17.7 Å². The number of aromatic hydroxyl groups is 1. The molecule has 1 atom stereocenters. The number of hydrogen-bond donors (Lipinski definition) is 2. The van der Waals surface area contributed by atoms with Gasteiger partial charge in [-0.25, -0.2) is 0 Å². The monoisotopic (exact) mass is 382 g/mol. The molecule has 2 N–H and O–H groups in total. The smallest absolute Gasteiger partial charge is 0.387 e. The lowest BCUT2D eigenvalue weighted by Gasteiger charge is -2.38. The average molecular weight is 382 g/mol. The molecule has 0 saturated heterocycles. The zero-order valence-electron chi connectivity index (χ0n) is 14.5. The van der Waals surface area contributed by atoms with Gasteiger partial charge >= 0.3 is 6.61 Å². The number of phenolic OH excluding ortho intramolecular Hbond substituents is 1. The molecule has 142 valence electrons. The van der Waals surface area contributed by atoms with Crippen molar-refractivity contribution in [2.75, 3.05) is 10.2 Å². The SMILES string of the molecule is O=C1c2ccccc2N[C@@H](c2cccc(O)c2)N1c1ccc(OC(F)F)cc1. The van der Waals surface area contributed by atoms with E-state index in [-0.39, 0.29) is 17.4 Å². The molecule has 7 heteroatoms. The number of anilines is 2. The van der Waals surface area contributed by atoms with Gasteiger partial charge in [0.2, 0.25) is 0 Å². The van der Waals surface area contributed by atoms with Crippen molar-refractivity contribution in [2.24, 2.45) is 0 Å². The van der Waals surface area contributed by atoms with Crippen LogP contribution in [0.5, 0.6) is 11.5 Å². The van der Waals surface area contributed by atoms with Crippen LogP contribution in [-0.2, 0) is 0 Å². The highest BCUT2D eigenvalue weighted by molar-refractivity contribution is 6.12. The Morgan fingerprint density at radius 3 is 2.46 bits per heavy atom. The summed E-state index contributed by atoms with van der Waals surface area (Å²) in [4.78, 5) is 14.7. The van der Waals surface area contributed by atoms with Gasteiger partial charge in [-0.05, 0) is 54.1 Å². The third-order valence-electron chi connectivity index (χ3n) is 4.45. The predicted molar refractivity (Wildman–Crippen MR) is 101 cm³/mol. The van der Waals surface area contributed by atoms with E-state index in [9.17, 15) is 18.7 Å². The number of nitrogens with one attached hydrogen (secondary N) is 1. The molecule has 4 rings (SSSR count). The number of halogens is 2. The van der Waals surface area contributed by atoms with E-state index in [2.05, 4.69) is 10.1 Å². The van der Waals surface area contributed by atoms with Crippen molar-refractivity contribution >= 4 is 17.3 Å². The molecule has 0 bridgehead atoms. The maximum absolute atomic E-state index is 13.2. The maximum Gasteiger partial charge on any atom is 0.387 e. The highest BCUT2D eigenvalue weighted by Gasteiger charge is 2.34. The van der Waals surface area contributed by atoms with E-state index in [1.165, 1.54) is 17.0 Å². The summed E-state index contributed by atoms with van der Waals surface area (Å²) in [5.41, 5.74) is 2.35. The van der Waals surface area contributed by atoms with Gasteiger partial charge in [0, 0.05) is 11.4 Å². The molecule has 0 radical (unpaired) electrons. The molecule has 1 amide bonds. The van der Waals surface area contributed by atoms with Crippen molar-refractivity contribution < 1.29 is 23.4 Å². The van der Waals surface area contributed by atoms with Crippen molar-refractivity contribution in [3.63, 3.8) is 0 Å². The predicted octanol–water partition coefficient (Wildman–Crippen LogP) is 4.76. The normalized spacial score (nSPS) is 15.9. The Kier molecular flexibility index (Phi) is 4.57. The van der Waals surface area contributed by atoms with Gasteiger partial charge in [0.05, 0.1) is 5.56 Å². The van der Waals surface area contributed by atoms with Gasteiger partial charge < -0.3 is 15.2 Å². The molecule has 3 aromatic rings. The van der Waals surface area contributed by atoms with E-state index in [4.69, 9.17) is 0 Å². The Hall–Kier alpha value is -3.61. The van der Waals surface area contributed by atoms with Crippen molar-refractivity contribution in [3.05, 3.63) is 83.9 Å². The summed E-state index contributed by atoms with van der Waals surface area (Å²) < 4.78 is 29.2. The van der Waals surface area contributed by atoms with Crippen LogP contribution in [0.3, 0.4) is 0 Å². The molecular formula is C21H16F2N2O3. The van der Waals surface area contributed by atoms with Gasteiger partial charge in [0.15, 0.2) is 0 Å². The highest BCUT2D eigenvalue weighted by Crippen LogP contribution is 2.37. The van der Waals surface area contributed by atoms with Crippen LogP contribution in [0.4, 0.5) is 20.2 Å². The molecule has 1 heterocycles. The van der Waals surface area contributed by atoms with Gasteiger partial charge in [-0.15, -0.1) is 0 Å². The first-order chi connectivity index (χ1) is 13.5. The third kappa shape index (κ3) is 3.34. The largest absolute Gasteiger partial charge is 0.508 e. The van der Waals surface area contributed by atoms with Crippen LogP contribution < -0.4 is 15.0 Å². The van der Waals surface area contributed by atoms with E-state index >= 15 is 0 Å². The summed E-state index contributed by atoms with van der Waals surface area (Å²) in [6.45, 7) is -2.92. The molecule has 28 heavy (non-hydrogen) atoms. The van der Waals surface area contributed by atoms with Crippen LogP contribution in [0.25, 0.3) is 0 Å².